The first kappa shape index (κ1) is 30.0. The van der Waals surface area contributed by atoms with Crippen LogP contribution < -0.4 is 10.1 Å². The van der Waals surface area contributed by atoms with Gasteiger partial charge in [0.25, 0.3) is 11.8 Å². The van der Waals surface area contributed by atoms with Crippen molar-refractivity contribution >= 4 is 17.5 Å². The number of aliphatic hydroxyl groups excluding tert-OH is 1. The second kappa shape index (κ2) is 12.7. The molecule has 2 heterocycles. The number of hydrogen-bond acceptors (Lipinski definition) is 6. The Hall–Kier alpha value is -3.96. The van der Waals surface area contributed by atoms with Gasteiger partial charge < -0.3 is 20.1 Å². The number of rotatable bonds is 8. The highest BCUT2D eigenvalue weighted by atomic mass is 19.4. The molecule has 2 aromatic carbocycles. The number of likely N-dealkylation sites (N-methyl/N-ethyl adjacent to an activating group) is 1. The number of hydrogen-bond donors (Lipinski definition) is 2. The van der Waals surface area contributed by atoms with Gasteiger partial charge in [-0.15, -0.1) is 0 Å². The molecule has 218 valence electrons. The number of amides is 2. The number of carbonyl (C=O) groups is 2. The van der Waals surface area contributed by atoms with E-state index in [4.69, 9.17) is 4.74 Å². The quantitative estimate of drug-likeness (QED) is 0.408. The fourth-order valence-electron chi connectivity index (χ4n) is 4.71. The monoisotopic (exact) mass is 570 g/mol. The number of ether oxygens (including phenoxy) is 1. The van der Waals surface area contributed by atoms with Crippen LogP contribution in [0.25, 0.3) is 0 Å². The lowest BCUT2D eigenvalue weighted by molar-refractivity contribution is -0.137. The number of aromatic nitrogens is 1. The van der Waals surface area contributed by atoms with E-state index in [0.29, 0.717) is 36.6 Å². The molecule has 3 aromatic rings. The third-order valence-corrected chi connectivity index (χ3v) is 7.09. The number of nitrogens with one attached hydrogen (secondary N) is 1. The molecule has 0 unspecified atom stereocenters. The van der Waals surface area contributed by atoms with E-state index >= 15 is 0 Å². The minimum absolute atomic E-state index is 0.137. The maximum absolute atomic E-state index is 13.6. The van der Waals surface area contributed by atoms with Gasteiger partial charge in [0.1, 0.15) is 11.9 Å². The van der Waals surface area contributed by atoms with Crippen LogP contribution >= 0.6 is 0 Å². The molecule has 3 atom stereocenters. The molecule has 0 aliphatic carbocycles. The van der Waals surface area contributed by atoms with Gasteiger partial charge in [0, 0.05) is 49.2 Å². The summed E-state index contributed by atoms with van der Waals surface area (Å²) in [5.41, 5.74) is 1.09. The number of halogens is 3. The van der Waals surface area contributed by atoms with Crippen LogP contribution in [0.15, 0.2) is 67.0 Å². The number of carbonyl (C=O) groups excluding carboxylic acids is 2. The Kier molecular flexibility index (Phi) is 9.29. The molecule has 0 fully saturated rings. The number of nitrogens with zero attached hydrogens (tertiary/aromatic N) is 3. The second-order valence-corrected chi connectivity index (χ2v) is 10.4. The molecule has 41 heavy (non-hydrogen) atoms. The molecule has 1 aliphatic rings. The number of anilines is 1. The molecule has 2 N–H and O–H groups in total. The predicted octanol–water partition coefficient (Wildman–Crippen LogP) is 4.70. The molecule has 0 spiro atoms. The van der Waals surface area contributed by atoms with Gasteiger partial charge in [0.2, 0.25) is 0 Å². The summed E-state index contributed by atoms with van der Waals surface area (Å²) in [6, 6.07) is 12.6. The first-order valence-corrected chi connectivity index (χ1v) is 13.2. The molecular weight excluding hydrogens is 537 g/mol. The van der Waals surface area contributed by atoms with E-state index in [-0.39, 0.29) is 36.0 Å². The SMILES string of the molecule is C[C@@H]1CN([C@@H](C)CO)C(=O)c2cc(NC(=O)c3ccncc3)ccc2O[C@H]1CN(C)Cc1ccc(C(F)(F)F)cc1. The first-order valence-electron chi connectivity index (χ1n) is 13.2. The summed E-state index contributed by atoms with van der Waals surface area (Å²) in [6.07, 6.45) is -1.75. The van der Waals surface area contributed by atoms with E-state index in [1.54, 1.807) is 42.2 Å². The summed E-state index contributed by atoms with van der Waals surface area (Å²) < 4.78 is 45.2. The molecule has 1 aromatic heterocycles. The number of aliphatic hydroxyl groups is 1. The van der Waals surface area contributed by atoms with E-state index in [1.807, 2.05) is 18.9 Å². The van der Waals surface area contributed by atoms with E-state index in [2.05, 4.69) is 10.3 Å². The predicted molar refractivity (Wildman–Crippen MR) is 148 cm³/mol. The maximum atomic E-state index is 13.6. The fraction of sp³-hybridized carbons (Fsp3) is 0.367. The fourth-order valence-corrected chi connectivity index (χ4v) is 4.71. The Labute approximate surface area is 236 Å². The second-order valence-electron chi connectivity index (χ2n) is 10.4. The molecule has 0 radical (unpaired) electrons. The Morgan fingerprint density at radius 1 is 1.17 bits per heavy atom. The van der Waals surface area contributed by atoms with Crippen LogP contribution in [0.5, 0.6) is 5.75 Å². The molecule has 0 saturated heterocycles. The average Bonchev–Trinajstić information content (AvgIpc) is 2.95. The number of pyridine rings is 1. The summed E-state index contributed by atoms with van der Waals surface area (Å²) in [4.78, 5) is 33.8. The molecular formula is C30H33F3N4O4. The zero-order chi connectivity index (χ0) is 29.7. The highest BCUT2D eigenvalue weighted by Crippen LogP contribution is 2.32. The number of benzene rings is 2. The normalized spacial score (nSPS) is 18.2. The summed E-state index contributed by atoms with van der Waals surface area (Å²) in [7, 11) is 1.85. The molecule has 8 nitrogen and oxygen atoms in total. The standard InChI is InChI=1S/C30H33F3N4O4/c1-19-15-37(20(2)18-38)29(40)25-14-24(35-28(39)22-10-12-34-13-11-22)8-9-26(25)41-27(19)17-36(3)16-21-4-6-23(7-5-21)30(31,32)33/h4-14,19-20,27,38H,15-18H2,1-3H3,(H,35,39)/t19-,20+,27+/m1/s1. The molecule has 11 heteroatoms. The van der Waals surface area contributed by atoms with E-state index < -0.39 is 17.8 Å². The van der Waals surface area contributed by atoms with Gasteiger partial charge in [-0.25, -0.2) is 0 Å². The minimum atomic E-state index is -4.39. The Morgan fingerprint density at radius 2 is 1.85 bits per heavy atom. The summed E-state index contributed by atoms with van der Waals surface area (Å²) >= 11 is 0. The van der Waals surface area contributed by atoms with Crippen LogP contribution in [0.2, 0.25) is 0 Å². The Morgan fingerprint density at radius 3 is 2.49 bits per heavy atom. The summed E-state index contributed by atoms with van der Waals surface area (Å²) in [5, 5.41) is 12.7. The van der Waals surface area contributed by atoms with Crippen molar-refractivity contribution in [2.24, 2.45) is 5.92 Å². The molecule has 2 amide bonds. The number of alkyl halides is 3. The smallest absolute Gasteiger partial charge is 0.416 e. The zero-order valence-corrected chi connectivity index (χ0v) is 23.1. The summed E-state index contributed by atoms with van der Waals surface area (Å²) in [5.74, 6) is -0.484. The van der Waals surface area contributed by atoms with Crippen molar-refractivity contribution in [2.45, 2.75) is 38.7 Å². The Balaban J connectivity index is 1.56. The lowest BCUT2D eigenvalue weighted by Gasteiger charge is -2.38. The van der Waals surface area contributed by atoms with E-state index in [1.165, 1.54) is 24.5 Å². The van der Waals surface area contributed by atoms with Crippen molar-refractivity contribution in [3.8, 4) is 5.75 Å². The highest BCUT2D eigenvalue weighted by molar-refractivity contribution is 6.05. The Bertz CT molecular complexity index is 1350. The van der Waals surface area contributed by atoms with Crippen LogP contribution in [-0.2, 0) is 12.7 Å². The highest BCUT2D eigenvalue weighted by Gasteiger charge is 2.34. The van der Waals surface area contributed by atoms with Crippen LogP contribution in [0, 0.1) is 5.92 Å². The third-order valence-electron chi connectivity index (χ3n) is 7.09. The third kappa shape index (κ3) is 7.42. The largest absolute Gasteiger partial charge is 0.488 e. The van der Waals surface area contributed by atoms with Crippen molar-refractivity contribution in [2.75, 3.05) is 32.1 Å². The average molecular weight is 571 g/mol. The van der Waals surface area contributed by atoms with Crippen molar-refractivity contribution in [1.29, 1.82) is 0 Å². The summed E-state index contributed by atoms with van der Waals surface area (Å²) in [6.45, 7) is 4.62. The van der Waals surface area contributed by atoms with Crippen molar-refractivity contribution < 1.29 is 32.6 Å². The van der Waals surface area contributed by atoms with Crippen LogP contribution in [0.1, 0.15) is 45.7 Å². The zero-order valence-electron chi connectivity index (χ0n) is 23.1. The lowest BCUT2D eigenvalue weighted by atomic mass is 9.99. The topological polar surface area (TPSA) is 95.0 Å². The van der Waals surface area contributed by atoms with E-state index in [0.717, 1.165) is 17.7 Å². The van der Waals surface area contributed by atoms with Crippen molar-refractivity contribution in [1.82, 2.24) is 14.8 Å². The van der Waals surface area contributed by atoms with Gasteiger partial charge in [-0.3, -0.25) is 19.5 Å². The van der Waals surface area contributed by atoms with Gasteiger partial charge in [-0.05, 0) is 62.0 Å². The van der Waals surface area contributed by atoms with Crippen LogP contribution in [0.4, 0.5) is 18.9 Å². The van der Waals surface area contributed by atoms with Crippen LogP contribution in [-0.4, -0.2) is 70.6 Å². The van der Waals surface area contributed by atoms with Crippen molar-refractivity contribution in [3.63, 3.8) is 0 Å². The van der Waals surface area contributed by atoms with E-state index in [9.17, 15) is 27.9 Å². The molecule has 0 bridgehead atoms. The van der Waals surface area contributed by atoms with Gasteiger partial charge in [0.05, 0.1) is 23.8 Å². The first-order chi connectivity index (χ1) is 19.5. The number of fused-ring (bicyclic) bond motifs is 1. The molecule has 4 rings (SSSR count). The van der Waals surface area contributed by atoms with Gasteiger partial charge in [-0.2, -0.15) is 13.2 Å². The molecule has 0 saturated carbocycles. The minimum Gasteiger partial charge on any atom is -0.488 e. The van der Waals surface area contributed by atoms with Gasteiger partial charge >= 0.3 is 6.18 Å². The van der Waals surface area contributed by atoms with Gasteiger partial charge in [-0.1, -0.05) is 19.1 Å². The maximum Gasteiger partial charge on any atom is 0.416 e. The lowest BCUT2D eigenvalue weighted by Crippen LogP contribution is -2.49. The van der Waals surface area contributed by atoms with Crippen molar-refractivity contribution in [3.05, 3.63) is 89.2 Å². The van der Waals surface area contributed by atoms with Crippen LogP contribution in [0.3, 0.4) is 0 Å². The molecule has 1 aliphatic heterocycles. The van der Waals surface area contributed by atoms with Gasteiger partial charge in [0.15, 0.2) is 0 Å².